The van der Waals surface area contributed by atoms with Crippen LogP contribution in [0.5, 0.6) is 0 Å². The summed E-state index contributed by atoms with van der Waals surface area (Å²) in [6, 6.07) is 13.0. The number of carbonyl (C=O) groups excluding carboxylic acids is 2. The predicted octanol–water partition coefficient (Wildman–Crippen LogP) is 2.06. The number of rotatable bonds is 5. The fourth-order valence-corrected chi connectivity index (χ4v) is 2.00. The second-order valence-electron chi connectivity index (χ2n) is 5.04. The van der Waals surface area contributed by atoms with E-state index < -0.39 is 0 Å². The van der Waals surface area contributed by atoms with Crippen molar-refractivity contribution in [1.82, 2.24) is 10.3 Å². The van der Waals surface area contributed by atoms with Crippen molar-refractivity contribution in [2.24, 2.45) is 0 Å². The molecule has 0 unspecified atom stereocenters. The maximum atomic E-state index is 12.0. The fourth-order valence-electron chi connectivity index (χ4n) is 2.00. The van der Waals surface area contributed by atoms with Gasteiger partial charge in [0.05, 0.1) is 12.2 Å². The molecule has 0 spiro atoms. The Labute approximate surface area is 130 Å². The van der Waals surface area contributed by atoms with Crippen LogP contribution < -0.4 is 10.2 Å². The molecule has 0 fully saturated rings. The second-order valence-corrected chi connectivity index (χ2v) is 5.04. The average molecular weight is 297 g/mol. The molecule has 5 nitrogen and oxygen atoms in total. The quantitative estimate of drug-likeness (QED) is 0.919. The number of hydrogen-bond donors (Lipinski definition) is 1. The van der Waals surface area contributed by atoms with E-state index in [2.05, 4.69) is 10.3 Å². The van der Waals surface area contributed by atoms with Crippen molar-refractivity contribution in [1.29, 1.82) is 0 Å². The standard InChI is InChI=1S/C17H19N3O2/c1-13-6-8-16(9-7-13)20(14(2)21)12-17(22)19-11-15-5-3-4-10-18-15/h3-10H,11-12H2,1-2H3,(H,19,22). The van der Waals surface area contributed by atoms with E-state index >= 15 is 0 Å². The molecule has 0 atom stereocenters. The van der Waals surface area contributed by atoms with Gasteiger partial charge in [0.15, 0.2) is 0 Å². The molecule has 1 aromatic carbocycles. The van der Waals surface area contributed by atoms with E-state index in [-0.39, 0.29) is 18.4 Å². The molecule has 2 aromatic rings. The molecule has 0 saturated carbocycles. The summed E-state index contributed by atoms with van der Waals surface area (Å²) in [5.74, 6) is -0.390. The smallest absolute Gasteiger partial charge is 0.240 e. The zero-order chi connectivity index (χ0) is 15.9. The van der Waals surface area contributed by atoms with Crippen LogP contribution in [0.2, 0.25) is 0 Å². The van der Waals surface area contributed by atoms with E-state index in [0.717, 1.165) is 11.3 Å². The highest BCUT2D eigenvalue weighted by Crippen LogP contribution is 2.15. The first-order valence-corrected chi connectivity index (χ1v) is 7.07. The zero-order valence-corrected chi connectivity index (χ0v) is 12.7. The minimum Gasteiger partial charge on any atom is -0.349 e. The van der Waals surface area contributed by atoms with Crippen LogP contribution in [0, 0.1) is 6.92 Å². The summed E-state index contributed by atoms with van der Waals surface area (Å²) in [6.45, 7) is 3.76. The number of pyridine rings is 1. The van der Waals surface area contributed by atoms with Gasteiger partial charge in [0, 0.05) is 18.8 Å². The summed E-state index contributed by atoms with van der Waals surface area (Å²) in [7, 11) is 0. The maximum Gasteiger partial charge on any atom is 0.240 e. The van der Waals surface area contributed by atoms with Crippen molar-refractivity contribution in [3.8, 4) is 0 Å². The van der Waals surface area contributed by atoms with E-state index in [9.17, 15) is 9.59 Å². The van der Waals surface area contributed by atoms with Gasteiger partial charge in [0.1, 0.15) is 6.54 Å². The second kappa shape index (κ2) is 7.36. The van der Waals surface area contributed by atoms with Gasteiger partial charge in [0.2, 0.25) is 11.8 Å². The van der Waals surface area contributed by atoms with Gasteiger partial charge in [-0.15, -0.1) is 0 Å². The minimum absolute atomic E-state index is 0.00870. The maximum absolute atomic E-state index is 12.0. The van der Waals surface area contributed by atoms with E-state index in [1.807, 2.05) is 49.4 Å². The first-order valence-electron chi connectivity index (χ1n) is 7.07. The van der Waals surface area contributed by atoms with Crippen LogP contribution in [0.3, 0.4) is 0 Å². The third-order valence-corrected chi connectivity index (χ3v) is 3.22. The molecule has 114 valence electrons. The molecule has 0 radical (unpaired) electrons. The topological polar surface area (TPSA) is 62.3 Å². The normalized spacial score (nSPS) is 10.1. The van der Waals surface area contributed by atoms with Crippen LogP contribution in [0.4, 0.5) is 5.69 Å². The molecule has 0 saturated heterocycles. The lowest BCUT2D eigenvalue weighted by atomic mass is 10.2. The van der Waals surface area contributed by atoms with Crippen molar-refractivity contribution in [2.75, 3.05) is 11.4 Å². The van der Waals surface area contributed by atoms with Crippen molar-refractivity contribution in [3.63, 3.8) is 0 Å². The van der Waals surface area contributed by atoms with Crippen LogP contribution in [0.15, 0.2) is 48.7 Å². The van der Waals surface area contributed by atoms with Gasteiger partial charge in [-0.1, -0.05) is 23.8 Å². The lowest BCUT2D eigenvalue weighted by molar-refractivity contribution is -0.123. The third kappa shape index (κ3) is 4.41. The number of aryl methyl sites for hydroxylation is 1. The Hall–Kier alpha value is -2.69. The molecule has 1 heterocycles. The average Bonchev–Trinajstić information content (AvgIpc) is 2.52. The molecule has 22 heavy (non-hydrogen) atoms. The Morgan fingerprint density at radius 2 is 1.86 bits per heavy atom. The molecule has 0 aliphatic heterocycles. The number of benzene rings is 1. The van der Waals surface area contributed by atoms with Gasteiger partial charge in [-0.25, -0.2) is 0 Å². The molecule has 0 aliphatic rings. The molecule has 0 aliphatic carbocycles. The summed E-state index contributed by atoms with van der Waals surface area (Å²) >= 11 is 0. The van der Waals surface area contributed by atoms with Crippen molar-refractivity contribution in [3.05, 3.63) is 59.9 Å². The lowest BCUT2D eigenvalue weighted by Gasteiger charge is -2.20. The van der Waals surface area contributed by atoms with E-state index in [1.54, 1.807) is 6.20 Å². The van der Waals surface area contributed by atoms with Crippen LogP contribution >= 0.6 is 0 Å². The van der Waals surface area contributed by atoms with Gasteiger partial charge in [-0.3, -0.25) is 14.6 Å². The van der Waals surface area contributed by atoms with Crippen molar-refractivity contribution < 1.29 is 9.59 Å². The molecule has 2 rings (SSSR count). The highest BCUT2D eigenvalue weighted by molar-refractivity contribution is 5.97. The predicted molar refractivity (Wildman–Crippen MR) is 85.3 cm³/mol. The SMILES string of the molecule is CC(=O)N(CC(=O)NCc1ccccn1)c1ccc(C)cc1. The molecule has 2 amide bonds. The van der Waals surface area contributed by atoms with Gasteiger partial charge in [0.25, 0.3) is 0 Å². The number of hydrogen-bond acceptors (Lipinski definition) is 3. The van der Waals surface area contributed by atoms with E-state index in [0.29, 0.717) is 12.2 Å². The van der Waals surface area contributed by atoms with Crippen LogP contribution in [-0.2, 0) is 16.1 Å². The minimum atomic E-state index is -0.221. The van der Waals surface area contributed by atoms with Gasteiger partial charge < -0.3 is 10.2 Å². The summed E-state index contributed by atoms with van der Waals surface area (Å²) in [4.78, 5) is 29.4. The van der Waals surface area contributed by atoms with Crippen LogP contribution in [0.25, 0.3) is 0 Å². The number of nitrogens with zero attached hydrogens (tertiary/aromatic N) is 2. The summed E-state index contributed by atoms with van der Waals surface area (Å²) in [5.41, 5.74) is 2.60. The first-order chi connectivity index (χ1) is 10.6. The van der Waals surface area contributed by atoms with Gasteiger partial charge in [-0.05, 0) is 31.2 Å². The zero-order valence-electron chi connectivity index (χ0n) is 12.7. The molecular weight excluding hydrogens is 278 g/mol. The summed E-state index contributed by atoms with van der Waals surface area (Å²) in [5, 5.41) is 2.77. The Morgan fingerprint density at radius 3 is 2.45 bits per heavy atom. The molecule has 0 bridgehead atoms. The number of carbonyl (C=O) groups is 2. The number of nitrogens with one attached hydrogen (secondary N) is 1. The van der Waals surface area contributed by atoms with E-state index in [4.69, 9.17) is 0 Å². The van der Waals surface area contributed by atoms with Crippen LogP contribution in [0.1, 0.15) is 18.2 Å². The van der Waals surface area contributed by atoms with Gasteiger partial charge >= 0.3 is 0 Å². The van der Waals surface area contributed by atoms with E-state index in [1.165, 1.54) is 11.8 Å². The number of anilines is 1. The number of amides is 2. The summed E-state index contributed by atoms with van der Waals surface area (Å²) < 4.78 is 0. The van der Waals surface area contributed by atoms with Gasteiger partial charge in [-0.2, -0.15) is 0 Å². The Balaban J connectivity index is 1.97. The van der Waals surface area contributed by atoms with Crippen LogP contribution in [-0.4, -0.2) is 23.3 Å². The first kappa shape index (κ1) is 15.7. The van der Waals surface area contributed by atoms with Crippen molar-refractivity contribution >= 4 is 17.5 Å². The Kier molecular flexibility index (Phi) is 5.25. The highest BCUT2D eigenvalue weighted by atomic mass is 16.2. The fraction of sp³-hybridized carbons (Fsp3) is 0.235. The molecule has 1 N–H and O–H groups in total. The van der Waals surface area contributed by atoms with Crippen molar-refractivity contribution in [2.45, 2.75) is 20.4 Å². The molecule has 5 heteroatoms. The monoisotopic (exact) mass is 297 g/mol. The largest absolute Gasteiger partial charge is 0.349 e. The summed E-state index contributed by atoms with van der Waals surface area (Å²) in [6.07, 6.45) is 1.68. The lowest BCUT2D eigenvalue weighted by Crippen LogP contribution is -2.39. The third-order valence-electron chi connectivity index (χ3n) is 3.22. The molecular formula is C17H19N3O2. The Morgan fingerprint density at radius 1 is 1.14 bits per heavy atom. The Bertz CT molecular complexity index is 639. The molecule has 1 aromatic heterocycles. The number of aromatic nitrogens is 1. The highest BCUT2D eigenvalue weighted by Gasteiger charge is 2.15.